The van der Waals surface area contributed by atoms with E-state index in [0.717, 1.165) is 26.2 Å². The van der Waals surface area contributed by atoms with E-state index in [9.17, 15) is 22.4 Å². The minimum absolute atomic E-state index is 0. The van der Waals surface area contributed by atoms with E-state index in [4.69, 9.17) is 0 Å². The number of fused-ring (bicyclic) bond motifs is 1. The third-order valence-corrected chi connectivity index (χ3v) is 9.03. The van der Waals surface area contributed by atoms with Gasteiger partial charge in [0, 0.05) is 56.6 Å². The van der Waals surface area contributed by atoms with Gasteiger partial charge in [0.2, 0.25) is 0 Å². The first-order valence-corrected chi connectivity index (χ1v) is 14.7. The van der Waals surface area contributed by atoms with Gasteiger partial charge in [-0.25, -0.2) is 17.6 Å². The molecule has 2 aliphatic carbocycles. The van der Waals surface area contributed by atoms with Gasteiger partial charge in [0.25, 0.3) is 17.8 Å². The molecule has 2 saturated carbocycles. The Balaban J connectivity index is 0.00000138. The van der Waals surface area contributed by atoms with E-state index in [2.05, 4.69) is 22.4 Å². The summed E-state index contributed by atoms with van der Waals surface area (Å²) in [5.74, 6) is -5.95. The Morgan fingerprint density at radius 3 is 2.36 bits per heavy atom. The van der Waals surface area contributed by atoms with E-state index in [1.54, 1.807) is 41.9 Å². The molecule has 6 rings (SSSR count). The molecule has 0 unspecified atom stereocenters. The fourth-order valence-corrected chi connectivity index (χ4v) is 6.75. The van der Waals surface area contributed by atoms with Crippen molar-refractivity contribution in [3.63, 3.8) is 0 Å². The van der Waals surface area contributed by atoms with Gasteiger partial charge >= 0.3 is 0 Å². The van der Waals surface area contributed by atoms with Crippen molar-refractivity contribution in [3.8, 4) is 0 Å². The monoisotopic (exact) mass is 587 g/mol. The molecule has 1 amide bonds. The van der Waals surface area contributed by atoms with Gasteiger partial charge in [-0.3, -0.25) is 4.79 Å². The number of alkyl halides is 4. The van der Waals surface area contributed by atoms with Crippen LogP contribution in [0.3, 0.4) is 0 Å². The molecular formula is C32H41F4N5O. The molecule has 1 N–H and O–H groups in total. The zero-order chi connectivity index (χ0) is 30.7. The van der Waals surface area contributed by atoms with Gasteiger partial charge in [-0.2, -0.15) is 0 Å². The van der Waals surface area contributed by atoms with Crippen LogP contribution in [0.2, 0.25) is 0 Å². The Hall–Kier alpha value is -3.27. The number of nitrogens with zero attached hydrogens (tertiary/aromatic N) is 4. The van der Waals surface area contributed by atoms with Gasteiger partial charge in [0.1, 0.15) is 12.2 Å². The molecule has 1 aromatic heterocycles. The van der Waals surface area contributed by atoms with Crippen molar-refractivity contribution in [1.82, 2.24) is 20.1 Å². The standard InChI is InChI=1S/C30H33F4N5O.C2H6.H2/c1-18(36-27(2)9-6-10-27)19-11-22-23(24(12-19)28(3,31)32)14-39(25(22)40)21-8-5-7-20(13-21)29(15-30(33,34)16-29)26-37-35-17-38(26)4;1-2;/h5,7-8,11-13,17-18,36H,6,9-10,14-16H2,1-4H3;1-2H3;1H/t18-;;/m1../s1. The van der Waals surface area contributed by atoms with Crippen LogP contribution < -0.4 is 10.2 Å². The van der Waals surface area contributed by atoms with Crippen LogP contribution in [0.5, 0.6) is 0 Å². The molecule has 0 spiro atoms. The predicted octanol–water partition coefficient (Wildman–Crippen LogP) is 7.67. The minimum atomic E-state index is -3.15. The molecule has 10 heteroatoms. The second kappa shape index (κ2) is 10.5. The molecule has 42 heavy (non-hydrogen) atoms. The minimum Gasteiger partial charge on any atom is -0.320 e. The van der Waals surface area contributed by atoms with Gasteiger partial charge < -0.3 is 14.8 Å². The Morgan fingerprint density at radius 1 is 1.12 bits per heavy atom. The van der Waals surface area contributed by atoms with E-state index in [0.29, 0.717) is 28.2 Å². The first kappa shape index (κ1) is 30.2. The van der Waals surface area contributed by atoms with Crippen LogP contribution >= 0.6 is 0 Å². The average molecular weight is 588 g/mol. The smallest absolute Gasteiger partial charge is 0.270 e. The zero-order valence-electron chi connectivity index (χ0n) is 25.1. The fourth-order valence-electron chi connectivity index (χ4n) is 6.75. The molecule has 3 aromatic rings. The lowest BCUT2D eigenvalue weighted by atomic mass is 9.61. The third kappa shape index (κ3) is 5.12. The summed E-state index contributed by atoms with van der Waals surface area (Å²) in [4.78, 5) is 15.2. The molecule has 0 bridgehead atoms. The Morgan fingerprint density at radius 2 is 1.81 bits per heavy atom. The molecule has 0 radical (unpaired) electrons. The van der Waals surface area contributed by atoms with Crippen molar-refractivity contribution in [2.45, 2.75) is 102 Å². The van der Waals surface area contributed by atoms with Crippen molar-refractivity contribution in [1.29, 1.82) is 0 Å². The fraction of sp³-hybridized carbons (Fsp3) is 0.531. The molecule has 1 aliphatic heterocycles. The van der Waals surface area contributed by atoms with Gasteiger partial charge in [0.05, 0.1) is 12.0 Å². The number of rotatable bonds is 7. The van der Waals surface area contributed by atoms with Crippen LogP contribution in [-0.2, 0) is 24.9 Å². The first-order valence-electron chi connectivity index (χ1n) is 14.7. The zero-order valence-corrected chi connectivity index (χ0v) is 25.1. The van der Waals surface area contributed by atoms with Crippen LogP contribution in [0.25, 0.3) is 0 Å². The molecular weight excluding hydrogens is 546 g/mol. The first-order chi connectivity index (χ1) is 19.7. The molecule has 2 fully saturated rings. The summed E-state index contributed by atoms with van der Waals surface area (Å²) >= 11 is 0. The lowest BCUT2D eigenvalue weighted by molar-refractivity contribution is -0.116. The number of carbonyl (C=O) groups excluding carboxylic acids is 1. The van der Waals surface area contributed by atoms with E-state index < -0.39 is 30.1 Å². The Bertz CT molecular complexity index is 1490. The van der Waals surface area contributed by atoms with Gasteiger partial charge in [-0.1, -0.05) is 26.0 Å². The number of carbonyl (C=O) groups is 1. The topological polar surface area (TPSA) is 63.0 Å². The maximum Gasteiger partial charge on any atom is 0.270 e. The Labute approximate surface area is 246 Å². The molecule has 1 atom stereocenters. The van der Waals surface area contributed by atoms with Crippen molar-refractivity contribution in [2.24, 2.45) is 7.05 Å². The van der Waals surface area contributed by atoms with Crippen LogP contribution in [0.4, 0.5) is 23.2 Å². The summed E-state index contributed by atoms with van der Waals surface area (Å²) < 4.78 is 60.0. The number of nitrogens with one attached hydrogen (secondary N) is 1. The van der Waals surface area contributed by atoms with Crippen LogP contribution in [0.15, 0.2) is 42.7 Å². The maximum atomic E-state index is 14.9. The highest BCUT2D eigenvalue weighted by Crippen LogP contribution is 2.57. The summed E-state index contributed by atoms with van der Waals surface area (Å²) in [6, 6.07) is 9.91. The molecule has 2 aromatic carbocycles. The number of aryl methyl sites for hydroxylation is 1. The highest BCUT2D eigenvalue weighted by atomic mass is 19.3. The maximum absolute atomic E-state index is 14.9. The number of halogens is 4. The van der Waals surface area contributed by atoms with Crippen molar-refractivity contribution in [3.05, 3.63) is 76.4 Å². The molecule has 2 heterocycles. The number of hydrogen-bond donors (Lipinski definition) is 1. The van der Waals surface area contributed by atoms with E-state index >= 15 is 0 Å². The molecule has 3 aliphatic rings. The molecule has 6 nitrogen and oxygen atoms in total. The van der Waals surface area contributed by atoms with E-state index in [1.165, 1.54) is 17.3 Å². The summed E-state index contributed by atoms with van der Waals surface area (Å²) in [6.07, 6.45) is 3.78. The summed E-state index contributed by atoms with van der Waals surface area (Å²) in [5.41, 5.74) is 0.991. The number of hydrogen-bond acceptors (Lipinski definition) is 4. The van der Waals surface area contributed by atoms with Crippen LogP contribution in [0.1, 0.15) is 113 Å². The summed E-state index contributed by atoms with van der Waals surface area (Å²) in [7, 11) is 1.71. The lowest BCUT2D eigenvalue weighted by Gasteiger charge is -2.46. The predicted molar refractivity (Wildman–Crippen MR) is 156 cm³/mol. The Kier molecular flexibility index (Phi) is 7.53. The third-order valence-electron chi connectivity index (χ3n) is 9.03. The summed E-state index contributed by atoms with van der Waals surface area (Å²) in [5, 5.41) is 11.6. The van der Waals surface area contributed by atoms with E-state index in [-0.39, 0.29) is 36.6 Å². The van der Waals surface area contributed by atoms with E-state index in [1.807, 2.05) is 20.8 Å². The second-order valence-electron chi connectivity index (χ2n) is 12.3. The SMILES string of the molecule is CC.C[C@@H](NC1(C)CCC1)c1cc2c(c(C(C)(F)F)c1)CN(c1cccc(C3(c4nncn4C)CC(F)(F)C3)c1)C2=O.[HH]. The highest BCUT2D eigenvalue weighted by Gasteiger charge is 2.60. The molecule has 0 saturated heterocycles. The normalized spacial score (nSPS) is 20.6. The highest BCUT2D eigenvalue weighted by molar-refractivity contribution is 6.10. The number of amides is 1. The second-order valence-corrected chi connectivity index (χ2v) is 12.3. The van der Waals surface area contributed by atoms with Crippen LogP contribution in [-0.4, -0.2) is 32.1 Å². The lowest BCUT2D eigenvalue weighted by Crippen LogP contribution is -2.51. The largest absolute Gasteiger partial charge is 0.320 e. The molecule has 228 valence electrons. The van der Waals surface area contributed by atoms with Gasteiger partial charge in [0.15, 0.2) is 0 Å². The quantitative estimate of drug-likeness (QED) is 0.288. The van der Waals surface area contributed by atoms with Crippen molar-refractivity contribution < 1.29 is 23.8 Å². The van der Waals surface area contributed by atoms with Crippen molar-refractivity contribution >= 4 is 11.6 Å². The van der Waals surface area contributed by atoms with Gasteiger partial charge in [-0.15, -0.1) is 10.2 Å². The average Bonchev–Trinajstić information content (AvgIpc) is 3.49. The van der Waals surface area contributed by atoms with Crippen LogP contribution in [0, 0.1) is 0 Å². The van der Waals surface area contributed by atoms with Crippen molar-refractivity contribution in [2.75, 3.05) is 4.90 Å². The number of anilines is 1. The van der Waals surface area contributed by atoms with Gasteiger partial charge in [-0.05, 0) is 74.1 Å². The number of aromatic nitrogens is 3. The number of benzene rings is 2. The summed E-state index contributed by atoms with van der Waals surface area (Å²) in [6.45, 7) is 8.89.